The van der Waals surface area contributed by atoms with E-state index in [1.54, 1.807) is 0 Å². The Labute approximate surface area is 134 Å². The van der Waals surface area contributed by atoms with Crippen molar-refractivity contribution in [1.82, 2.24) is 0 Å². The van der Waals surface area contributed by atoms with E-state index in [1.807, 2.05) is 13.8 Å². The zero-order valence-electron chi connectivity index (χ0n) is 14.6. The van der Waals surface area contributed by atoms with E-state index in [0.29, 0.717) is 24.2 Å². The molecule has 0 bridgehead atoms. The molecular formula is C18H34F2O2. The molecule has 4 heteroatoms. The maximum absolute atomic E-state index is 12.7. The van der Waals surface area contributed by atoms with Crippen molar-refractivity contribution in [2.75, 3.05) is 0 Å². The first kappa shape index (κ1) is 19.8. The molecule has 2 aliphatic carbocycles. The highest BCUT2D eigenvalue weighted by Gasteiger charge is 2.41. The number of alkyl halides is 2. The molecule has 0 saturated heterocycles. The first-order valence-corrected chi connectivity index (χ1v) is 8.88. The normalized spacial score (nSPS) is 35.2. The first-order valence-electron chi connectivity index (χ1n) is 8.88. The summed E-state index contributed by atoms with van der Waals surface area (Å²) in [5, 5.41) is 18.9. The van der Waals surface area contributed by atoms with E-state index in [2.05, 4.69) is 13.8 Å². The Bertz CT molecular complexity index is 318. The lowest BCUT2D eigenvalue weighted by Gasteiger charge is -2.35. The molecule has 0 amide bonds. The lowest BCUT2D eigenvalue weighted by Crippen LogP contribution is -2.38. The summed E-state index contributed by atoms with van der Waals surface area (Å²) < 4.78 is 25.5. The molecule has 0 aromatic carbocycles. The van der Waals surface area contributed by atoms with Crippen LogP contribution in [0, 0.1) is 23.7 Å². The Hall–Kier alpha value is -0.220. The predicted molar refractivity (Wildman–Crippen MR) is 85.9 cm³/mol. The number of hydrogen-bond donors (Lipinski definition) is 2. The smallest absolute Gasteiger partial charge is 0.250 e. The van der Waals surface area contributed by atoms with Crippen LogP contribution in [0.2, 0.25) is 0 Å². The van der Waals surface area contributed by atoms with Crippen molar-refractivity contribution in [3.8, 4) is 0 Å². The molecule has 0 radical (unpaired) electrons. The highest BCUT2D eigenvalue weighted by atomic mass is 19.3. The third kappa shape index (κ3) is 6.11. The number of halogens is 2. The number of hydrogen-bond acceptors (Lipinski definition) is 2. The van der Waals surface area contributed by atoms with Gasteiger partial charge in [0.25, 0.3) is 5.92 Å². The number of rotatable bonds is 2. The molecule has 2 saturated carbocycles. The van der Waals surface area contributed by atoms with E-state index in [-0.39, 0.29) is 24.9 Å². The molecule has 2 N–H and O–H groups in total. The van der Waals surface area contributed by atoms with Crippen LogP contribution in [0.4, 0.5) is 8.78 Å². The van der Waals surface area contributed by atoms with Crippen molar-refractivity contribution >= 4 is 0 Å². The predicted octanol–water partition coefficient (Wildman–Crippen LogP) is 4.63. The summed E-state index contributed by atoms with van der Waals surface area (Å²) in [7, 11) is 0. The van der Waals surface area contributed by atoms with Gasteiger partial charge in [-0.1, -0.05) is 40.5 Å². The lowest BCUT2D eigenvalue weighted by molar-refractivity contribution is -0.105. The van der Waals surface area contributed by atoms with Crippen LogP contribution in [0.1, 0.15) is 72.6 Å². The summed E-state index contributed by atoms with van der Waals surface area (Å²) in [4.78, 5) is 0. The standard InChI is InChI=1S/C9H16F2O.C9H18O/c1-6(2)7-3-4-9(10,11)5-8(7)12;1-7(2)8-5-3-4-6-9(8)10/h6-8,12H,3-5H2,1-2H3;7-10H,3-6H2,1-2H3/t7-,8+;8-,9+/m11/s1. The van der Waals surface area contributed by atoms with Crippen LogP contribution in [-0.4, -0.2) is 28.3 Å². The second kappa shape index (κ2) is 8.58. The first-order chi connectivity index (χ1) is 10.1. The van der Waals surface area contributed by atoms with Crippen molar-refractivity contribution in [3.63, 3.8) is 0 Å². The fourth-order valence-electron chi connectivity index (χ4n) is 3.82. The molecule has 2 nitrogen and oxygen atoms in total. The molecule has 0 aromatic rings. The zero-order chi connectivity index (χ0) is 16.9. The average Bonchev–Trinajstić information content (AvgIpc) is 2.37. The third-order valence-electron chi connectivity index (χ3n) is 5.34. The third-order valence-corrected chi connectivity index (χ3v) is 5.34. The average molecular weight is 320 g/mol. The van der Waals surface area contributed by atoms with Crippen LogP contribution >= 0.6 is 0 Å². The van der Waals surface area contributed by atoms with Crippen molar-refractivity contribution in [2.45, 2.75) is 90.8 Å². The van der Waals surface area contributed by atoms with Gasteiger partial charge in [0.15, 0.2) is 0 Å². The second-order valence-corrected chi connectivity index (χ2v) is 7.83. The molecule has 2 fully saturated rings. The fourth-order valence-corrected chi connectivity index (χ4v) is 3.82. The van der Waals surface area contributed by atoms with Gasteiger partial charge in [-0.05, 0) is 42.9 Å². The van der Waals surface area contributed by atoms with Crippen molar-refractivity contribution < 1.29 is 19.0 Å². The van der Waals surface area contributed by atoms with Gasteiger partial charge < -0.3 is 10.2 Å². The number of aliphatic hydroxyl groups excluding tert-OH is 2. The SMILES string of the molecule is CC(C)[C@H]1CCC(F)(F)C[C@@H]1O.CC(C)[C@H]1CCCC[C@@H]1O. The Balaban J connectivity index is 0.000000224. The number of aliphatic hydroxyl groups is 2. The Morgan fingerprint density at radius 1 is 0.818 bits per heavy atom. The maximum atomic E-state index is 12.7. The minimum Gasteiger partial charge on any atom is -0.393 e. The highest BCUT2D eigenvalue weighted by Crippen LogP contribution is 2.39. The molecule has 0 spiro atoms. The molecule has 132 valence electrons. The minimum absolute atomic E-state index is 0.00579. The van der Waals surface area contributed by atoms with Crippen LogP contribution in [0.5, 0.6) is 0 Å². The van der Waals surface area contributed by atoms with Crippen LogP contribution in [-0.2, 0) is 0 Å². The molecule has 0 heterocycles. The van der Waals surface area contributed by atoms with Gasteiger partial charge in [-0.25, -0.2) is 8.78 Å². The lowest BCUT2D eigenvalue weighted by atomic mass is 9.78. The van der Waals surface area contributed by atoms with Crippen molar-refractivity contribution in [2.24, 2.45) is 23.7 Å². The van der Waals surface area contributed by atoms with Crippen LogP contribution < -0.4 is 0 Å². The van der Waals surface area contributed by atoms with Crippen molar-refractivity contribution in [1.29, 1.82) is 0 Å². The molecular weight excluding hydrogens is 286 g/mol. The van der Waals surface area contributed by atoms with Crippen LogP contribution in [0.3, 0.4) is 0 Å². The van der Waals surface area contributed by atoms with Gasteiger partial charge in [-0.3, -0.25) is 0 Å². The Kier molecular flexibility index (Phi) is 7.73. The van der Waals surface area contributed by atoms with Gasteiger partial charge in [-0.15, -0.1) is 0 Å². The summed E-state index contributed by atoms with van der Waals surface area (Å²) >= 11 is 0. The van der Waals surface area contributed by atoms with Gasteiger partial charge >= 0.3 is 0 Å². The summed E-state index contributed by atoms with van der Waals surface area (Å²) in [6.45, 7) is 8.35. The van der Waals surface area contributed by atoms with E-state index in [0.717, 1.165) is 6.42 Å². The van der Waals surface area contributed by atoms with Crippen LogP contribution in [0.15, 0.2) is 0 Å². The van der Waals surface area contributed by atoms with Crippen molar-refractivity contribution in [3.05, 3.63) is 0 Å². The zero-order valence-corrected chi connectivity index (χ0v) is 14.6. The van der Waals surface area contributed by atoms with Gasteiger partial charge in [0.2, 0.25) is 0 Å². The maximum Gasteiger partial charge on any atom is 0.250 e. The molecule has 0 unspecified atom stereocenters. The minimum atomic E-state index is -2.63. The summed E-state index contributed by atoms with van der Waals surface area (Å²) in [5.41, 5.74) is 0. The monoisotopic (exact) mass is 320 g/mol. The largest absolute Gasteiger partial charge is 0.393 e. The van der Waals surface area contributed by atoms with E-state index in [4.69, 9.17) is 0 Å². The summed E-state index contributed by atoms with van der Waals surface area (Å²) in [5.74, 6) is -1.03. The summed E-state index contributed by atoms with van der Waals surface area (Å²) in [6.07, 6.45) is 4.03. The van der Waals surface area contributed by atoms with Gasteiger partial charge in [0, 0.05) is 12.8 Å². The molecule has 2 aliphatic rings. The van der Waals surface area contributed by atoms with E-state index >= 15 is 0 Å². The summed E-state index contributed by atoms with van der Waals surface area (Å²) in [6, 6.07) is 0. The molecule has 0 aliphatic heterocycles. The highest BCUT2D eigenvalue weighted by molar-refractivity contribution is 4.85. The molecule has 0 aromatic heterocycles. The topological polar surface area (TPSA) is 40.5 Å². The van der Waals surface area contributed by atoms with E-state index < -0.39 is 12.0 Å². The van der Waals surface area contributed by atoms with E-state index in [9.17, 15) is 19.0 Å². The van der Waals surface area contributed by atoms with Gasteiger partial charge in [0.05, 0.1) is 12.2 Å². The van der Waals surface area contributed by atoms with E-state index in [1.165, 1.54) is 19.3 Å². The Morgan fingerprint density at radius 2 is 1.32 bits per heavy atom. The fraction of sp³-hybridized carbons (Fsp3) is 1.00. The van der Waals surface area contributed by atoms with Crippen LogP contribution in [0.25, 0.3) is 0 Å². The van der Waals surface area contributed by atoms with Gasteiger partial charge in [-0.2, -0.15) is 0 Å². The molecule has 4 atom stereocenters. The quantitative estimate of drug-likeness (QED) is 0.778. The Morgan fingerprint density at radius 3 is 1.73 bits per heavy atom. The molecule has 2 rings (SSSR count). The molecule has 22 heavy (non-hydrogen) atoms. The second-order valence-electron chi connectivity index (χ2n) is 7.83. The van der Waals surface area contributed by atoms with Gasteiger partial charge in [0.1, 0.15) is 0 Å².